The number of aryl methyl sites for hydroxylation is 1. The standard InChI is InChI=1S/C28H24F6N6O5/c1-3-5-12-19-37-38-22(44-19)20-17(27(29,30)31)14-18(35-25(41)42)21(36-20)23-39-40-24(45-23)26(13-6-4-2,28(32,33)34)43-15-16-10-8-7-9-11-16/h3-4,7-11,14,35H,1-2,5-6,12-13,15H2,(H,41,42). The molecule has 0 aliphatic heterocycles. The number of nitrogens with zero attached hydrogens (tertiary/aromatic N) is 5. The summed E-state index contributed by atoms with van der Waals surface area (Å²) in [5, 5.41) is 25.5. The van der Waals surface area contributed by atoms with Gasteiger partial charge in [0.1, 0.15) is 5.69 Å². The molecule has 4 aromatic rings. The van der Waals surface area contributed by atoms with Gasteiger partial charge < -0.3 is 18.7 Å². The lowest BCUT2D eigenvalue weighted by atomic mass is 9.96. The van der Waals surface area contributed by atoms with Crippen molar-refractivity contribution in [2.24, 2.45) is 0 Å². The third-order valence-electron chi connectivity index (χ3n) is 6.26. The van der Waals surface area contributed by atoms with E-state index in [1.165, 1.54) is 24.3 Å². The van der Waals surface area contributed by atoms with Gasteiger partial charge >= 0.3 is 18.4 Å². The van der Waals surface area contributed by atoms with Gasteiger partial charge in [-0.05, 0) is 30.9 Å². The van der Waals surface area contributed by atoms with Crippen molar-refractivity contribution in [3.05, 3.63) is 84.6 Å². The van der Waals surface area contributed by atoms with Gasteiger partial charge in [-0.2, -0.15) is 26.3 Å². The van der Waals surface area contributed by atoms with Gasteiger partial charge in [-0.15, -0.1) is 33.6 Å². The van der Waals surface area contributed by atoms with E-state index in [-0.39, 0.29) is 18.7 Å². The fourth-order valence-electron chi connectivity index (χ4n) is 4.10. The van der Waals surface area contributed by atoms with Crippen LogP contribution < -0.4 is 5.32 Å². The van der Waals surface area contributed by atoms with Crippen molar-refractivity contribution in [2.45, 2.75) is 50.2 Å². The van der Waals surface area contributed by atoms with E-state index in [0.29, 0.717) is 18.1 Å². The first-order valence-corrected chi connectivity index (χ1v) is 13.0. The Morgan fingerprint density at radius 2 is 1.60 bits per heavy atom. The van der Waals surface area contributed by atoms with Crippen LogP contribution in [-0.2, 0) is 29.5 Å². The zero-order valence-electron chi connectivity index (χ0n) is 23.2. The van der Waals surface area contributed by atoms with Gasteiger partial charge in [0.25, 0.3) is 17.7 Å². The molecule has 2 N–H and O–H groups in total. The Morgan fingerprint density at radius 3 is 2.22 bits per heavy atom. The van der Waals surface area contributed by atoms with Crippen LogP contribution in [0.25, 0.3) is 23.2 Å². The van der Waals surface area contributed by atoms with Crippen LogP contribution in [0.4, 0.5) is 36.8 Å². The van der Waals surface area contributed by atoms with E-state index in [1.807, 2.05) is 0 Å². The van der Waals surface area contributed by atoms with E-state index in [4.69, 9.17) is 13.6 Å². The summed E-state index contributed by atoms with van der Waals surface area (Å²) in [7, 11) is 0. The number of hydrogen-bond acceptors (Lipinski definition) is 9. The summed E-state index contributed by atoms with van der Waals surface area (Å²) in [5.74, 6) is -2.71. The SMILES string of the molecule is C=CCCc1nnc(-c2nc(-c3nnc(C(CCC=C)(OCc4ccccc4)C(F)(F)F)o3)c(NC(=O)O)cc2C(F)(F)F)o1. The number of halogens is 6. The summed E-state index contributed by atoms with van der Waals surface area (Å²) < 4.78 is 103. The minimum absolute atomic E-state index is 0.0538. The number of pyridine rings is 1. The average Bonchev–Trinajstić information content (AvgIpc) is 3.66. The molecule has 0 bridgehead atoms. The van der Waals surface area contributed by atoms with E-state index >= 15 is 0 Å². The fourth-order valence-corrected chi connectivity index (χ4v) is 4.10. The third-order valence-corrected chi connectivity index (χ3v) is 6.26. The first-order chi connectivity index (χ1) is 21.3. The molecule has 45 heavy (non-hydrogen) atoms. The number of amides is 1. The molecule has 0 radical (unpaired) electrons. The average molecular weight is 639 g/mol. The number of alkyl halides is 6. The van der Waals surface area contributed by atoms with Gasteiger partial charge in [-0.1, -0.05) is 42.5 Å². The Bertz CT molecular complexity index is 1650. The topological polar surface area (TPSA) is 149 Å². The molecule has 3 heterocycles. The molecule has 1 amide bonds. The van der Waals surface area contributed by atoms with Crippen LogP contribution in [0.3, 0.4) is 0 Å². The van der Waals surface area contributed by atoms with Crippen molar-refractivity contribution in [1.29, 1.82) is 0 Å². The summed E-state index contributed by atoms with van der Waals surface area (Å²) >= 11 is 0. The number of nitrogens with one attached hydrogen (secondary N) is 1. The molecule has 1 atom stereocenters. The maximum absolute atomic E-state index is 14.8. The monoisotopic (exact) mass is 638 g/mol. The second kappa shape index (κ2) is 13.3. The Kier molecular flexibility index (Phi) is 9.70. The number of aromatic nitrogens is 5. The first-order valence-electron chi connectivity index (χ1n) is 13.0. The number of ether oxygens (including phenoxy) is 1. The zero-order chi connectivity index (χ0) is 32.8. The van der Waals surface area contributed by atoms with Crippen molar-refractivity contribution in [3.63, 3.8) is 0 Å². The van der Waals surface area contributed by atoms with Crippen molar-refractivity contribution < 1.29 is 49.8 Å². The first kappa shape index (κ1) is 32.8. The van der Waals surface area contributed by atoms with Gasteiger partial charge in [-0.3, -0.25) is 5.32 Å². The highest BCUT2D eigenvalue weighted by Crippen LogP contribution is 2.47. The number of benzene rings is 1. The third kappa shape index (κ3) is 7.36. The van der Waals surface area contributed by atoms with Crippen molar-refractivity contribution in [3.8, 4) is 23.2 Å². The molecular formula is C28H24F6N6O5. The lowest BCUT2D eigenvalue weighted by molar-refractivity contribution is -0.299. The van der Waals surface area contributed by atoms with E-state index in [0.717, 1.165) is 0 Å². The number of hydrogen-bond donors (Lipinski definition) is 2. The summed E-state index contributed by atoms with van der Waals surface area (Å²) in [5.41, 5.74) is -6.82. The largest absolute Gasteiger partial charge is 0.465 e. The smallest absolute Gasteiger partial charge is 0.426 e. The molecule has 238 valence electrons. The van der Waals surface area contributed by atoms with Crippen LogP contribution in [0.2, 0.25) is 0 Å². The molecule has 0 saturated heterocycles. The molecule has 0 aliphatic rings. The summed E-state index contributed by atoms with van der Waals surface area (Å²) in [6.07, 6.45) is -9.81. The quantitative estimate of drug-likeness (QED) is 0.112. The van der Waals surface area contributed by atoms with Crippen molar-refractivity contribution >= 4 is 11.8 Å². The Labute approximate surface area is 250 Å². The number of carbonyl (C=O) groups is 1. The van der Waals surface area contributed by atoms with Gasteiger partial charge in [0.05, 0.1) is 17.9 Å². The lowest BCUT2D eigenvalue weighted by Crippen LogP contribution is -2.45. The summed E-state index contributed by atoms with van der Waals surface area (Å²) in [6, 6.07) is 8.27. The van der Waals surface area contributed by atoms with E-state index in [1.54, 1.807) is 23.5 Å². The Balaban J connectivity index is 1.88. The van der Waals surface area contributed by atoms with Crippen LogP contribution >= 0.6 is 0 Å². The molecule has 0 fully saturated rings. The molecule has 0 spiro atoms. The van der Waals surface area contributed by atoms with Crippen LogP contribution in [-0.4, -0.2) is 42.8 Å². The lowest BCUT2D eigenvalue weighted by Gasteiger charge is -2.32. The maximum atomic E-state index is 14.8. The number of allylic oxidation sites excluding steroid dienone is 2. The minimum Gasteiger partial charge on any atom is -0.465 e. The van der Waals surface area contributed by atoms with Gasteiger partial charge in [0.15, 0.2) is 5.69 Å². The molecule has 1 aromatic carbocycles. The molecule has 3 aromatic heterocycles. The predicted molar refractivity (Wildman–Crippen MR) is 144 cm³/mol. The maximum Gasteiger partial charge on any atom is 0.426 e. The number of rotatable bonds is 13. The molecule has 4 rings (SSSR count). The molecule has 17 heteroatoms. The highest BCUT2D eigenvalue weighted by molar-refractivity contribution is 5.89. The Morgan fingerprint density at radius 1 is 0.933 bits per heavy atom. The molecular weight excluding hydrogens is 614 g/mol. The number of carboxylic acid groups (broad SMARTS) is 1. The molecule has 11 nitrogen and oxygen atoms in total. The molecule has 1 unspecified atom stereocenters. The van der Waals surface area contributed by atoms with Crippen molar-refractivity contribution in [1.82, 2.24) is 25.4 Å². The van der Waals surface area contributed by atoms with E-state index in [2.05, 4.69) is 38.5 Å². The predicted octanol–water partition coefficient (Wildman–Crippen LogP) is 7.35. The van der Waals surface area contributed by atoms with Crippen molar-refractivity contribution in [2.75, 3.05) is 5.32 Å². The van der Waals surface area contributed by atoms with Gasteiger partial charge in [0.2, 0.25) is 11.5 Å². The number of anilines is 1. The summed E-state index contributed by atoms with van der Waals surface area (Å²) in [6.45, 7) is 6.45. The molecule has 0 aliphatic carbocycles. The Hall–Kier alpha value is -5.06. The molecule has 0 saturated carbocycles. The van der Waals surface area contributed by atoms with Gasteiger partial charge in [-0.25, -0.2) is 9.78 Å². The van der Waals surface area contributed by atoms with Crippen LogP contribution in [0.5, 0.6) is 0 Å². The highest BCUT2D eigenvalue weighted by atomic mass is 19.4. The summed E-state index contributed by atoms with van der Waals surface area (Å²) in [4.78, 5) is 15.3. The van der Waals surface area contributed by atoms with Gasteiger partial charge in [0, 0.05) is 6.42 Å². The highest BCUT2D eigenvalue weighted by Gasteiger charge is 2.61. The fraction of sp³-hybridized carbons (Fsp3) is 0.286. The van der Waals surface area contributed by atoms with E-state index < -0.39 is 77.4 Å². The van der Waals surface area contributed by atoms with Crippen LogP contribution in [0, 0.1) is 0 Å². The van der Waals surface area contributed by atoms with E-state index in [9.17, 15) is 36.2 Å². The second-order valence-corrected chi connectivity index (χ2v) is 9.38. The second-order valence-electron chi connectivity index (χ2n) is 9.38. The van der Waals surface area contributed by atoms with Crippen LogP contribution in [0.1, 0.15) is 42.2 Å². The zero-order valence-corrected chi connectivity index (χ0v) is 23.2. The van der Waals surface area contributed by atoms with Crippen LogP contribution in [0.15, 0.2) is 70.5 Å². The normalized spacial score (nSPS) is 13.3. The minimum atomic E-state index is -5.14.